The quantitative estimate of drug-likeness (QED) is 0.862. The second-order valence-corrected chi connectivity index (χ2v) is 7.08. The van der Waals surface area contributed by atoms with Crippen LogP contribution in [0.15, 0.2) is 29.4 Å². The van der Waals surface area contributed by atoms with E-state index in [2.05, 4.69) is 17.1 Å². The van der Waals surface area contributed by atoms with Gasteiger partial charge in [-0.3, -0.25) is 4.79 Å². The van der Waals surface area contributed by atoms with Crippen molar-refractivity contribution in [3.63, 3.8) is 0 Å². The fraction of sp³-hybridized carbons (Fsp3) is 0.471. The summed E-state index contributed by atoms with van der Waals surface area (Å²) in [7, 11) is 1.89. The van der Waals surface area contributed by atoms with E-state index in [0.29, 0.717) is 11.8 Å². The van der Waals surface area contributed by atoms with Gasteiger partial charge in [0.1, 0.15) is 5.75 Å². The number of carbonyl (C=O) groups excluding carboxylic acids is 1. The first-order chi connectivity index (χ1) is 11.6. The molecule has 0 radical (unpaired) electrons. The Morgan fingerprint density at radius 3 is 2.75 bits per heavy atom. The van der Waals surface area contributed by atoms with E-state index < -0.39 is 0 Å². The number of aromatic nitrogens is 3. The molecule has 1 N–H and O–H groups in total. The molecule has 0 bridgehead atoms. The minimum absolute atomic E-state index is 0.168. The topological polar surface area (TPSA) is 71.2 Å². The van der Waals surface area contributed by atoms with Crippen LogP contribution in [0, 0.1) is 0 Å². The number of piperidine rings is 1. The third-order valence-electron chi connectivity index (χ3n) is 4.41. The molecule has 2 aromatic rings. The van der Waals surface area contributed by atoms with Gasteiger partial charge in [-0.1, -0.05) is 11.8 Å². The minimum Gasteiger partial charge on any atom is -0.508 e. The molecule has 128 valence electrons. The molecule has 7 heteroatoms. The molecule has 1 aromatic heterocycles. The van der Waals surface area contributed by atoms with Gasteiger partial charge in [-0.15, -0.1) is 10.2 Å². The Morgan fingerprint density at radius 2 is 2.04 bits per heavy atom. The van der Waals surface area contributed by atoms with Crippen LogP contribution in [-0.2, 0) is 11.8 Å². The summed E-state index contributed by atoms with van der Waals surface area (Å²) in [6, 6.07) is 7.18. The molecule has 1 atom stereocenters. The van der Waals surface area contributed by atoms with Crippen molar-refractivity contribution in [3.05, 3.63) is 24.3 Å². The van der Waals surface area contributed by atoms with Crippen LogP contribution in [0.25, 0.3) is 11.4 Å². The highest BCUT2D eigenvalue weighted by molar-refractivity contribution is 7.99. The Kier molecular flexibility index (Phi) is 5.08. The predicted molar refractivity (Wildman–Crippen MR) is 93.9 cm³/mol. The molecule has 3 rings (SSSR count). The van der Waals surface area contributed by atoms with Gasteiger partial charge in [-0.05, 0) is 50.5 Å². The van der Waals surface area contributed by atoms with Gasteiger partial charge >= 0.3 is 0 Å². The zero-order chi connectivity index (χ0) is 17.1. The molecule has 1 amide bonds. The maximum Gasteiger partial charge on any atom is 0.233 e. The SMILES string of the molecule is C[C@@H]1CCCCN1C(=O)CSc1nnc(-c2ccc(O)cc2)n1C. The van der Waals surface area contributed by atoms with E-state index in [9.17, 15) is 9.90 Å². The molecular formula is C17H22N4O2S. The second-order valence-electron chi connectivity index (χ2n) is 6.13. The van der Waals surface area contributed by atoms with Gasteiger partial charge in [-0.25, -0.2) is 0 Å². The van der Waals surface area contributed by atoms with Crippen molar-refractivity contribution in [2.75, 3.05) is 12.3 Å². The first-order valence-corrected chi connectivity index (χ1v) is 9.16. The average Bonchev–Trinajstić information content (AvgIpc) is 2.95. The lowest BCUT2D eigenvalue weighted by atomic mass is 10.0. The van der Waals surface area contributed by atoms with E-state index >= 15 is 0 Å². The standard InChI is InChI=1S/C17H22N4O2S/c1-12-5-3-4-10-21(12)15(23)11-24-17-19-18-16(20(17)2)13-6-8-14(22)9-7-13/h6-9,12,22H,3-5,10-11H2,1-2H3/t12-/m1/s1. The maximum absolute atomic E-state index is 12.4. The summed E-state index contributed by atoms with van der Waals surface area (Å²) in [6.45, 7) is 2.98. The number of phenols is 1. The molecule has 1 aliphatic heterocycles. The van der Waals surface area contributed by atoms with Gasteiger partial charge in [0.2, 0.25) is 5.91 Å². The summed E-state index contributed by atoms with van der Waals surface area (Å²) in [5.41, 5.74) is 0.880. The number of carbonyl (C=O) groups is 1. The zero-order valence-electron chi connectivity index (χ0n) is 14.0. The highest BCUT2D eigenvalue weighted by Crippen LogP contribution is 2.25. The summed E-state index contributed by atoms with van der Waals surface area (Å²) in [6.07, 6.45) is 3.39. The minimum atomic E-state index is 0.168. The third kappa shape index (κ3) is 3.56. The number of phenolic OH excluding ortho intramolecular Hbond substituents is 1. The van der Waals surface area contributed by atoms with Crippen molar-refractivity contribution >= 4 is 17.7 Å². The Balaban J connectivity index is 1.66. The van der Waals surface area contributed by atoms with Crippen LogP contribution in [0.2, 0.25) is 0 Å². The highest BCUT2D eigenvalue weighted by Gasteiger charge is 2.23. The van der Waals surface area contributed by atoms with Crippen LogP contribution >= 0.6 is 11.8 Å². The van der Waals surface area contributed by atoms with Crippen molar-refractivity contribution in [1.29, 1.82) is 0 Å². The number of likely N-dealkylation sites (tertiary alicyclic amines) is 1. The van der Waals surface area contributed by atoms with Gasteiger partial charge in [0.15, 0.2) is 11.0 Å². The van der Waals surface area contributed by atoms with Gasteiger partial charge < -0.3 is 14.6 Å². The van der Waals surface area contributed by atoms with E-state index in [4.69, 9.17) is 0 Å². The third-order valence-corrected chi connectivity index (χ3v) is 5.41. The molecule has 1 saturated heterocycles. The van der Waals surface area contributed by atoms with E-state index in [0.717, 1.165) is 35.9 Å². The number of aromatic hydroxyl groups is 1. The fourth-order valence-corrected chi connectivity index (χ4v) is 3.78. The van der Waals surface area contributed by atoms with E-state index in [-0.39, 0.29) is 11.7 Å². The lowest BCUT2D eigenvalue weighted by molar-refractivity contribution is -0.131. The van der Waals surface area contributed by atoms with Gasteiger partial charge in [0.25, 0.3) is 0 Å². The molecule has 0 unspecified atom stereocenters. The van der Waals surface area contributed by atoms with E-state index in [1.54, 1.807) is 24.3 Å². The van der Waals surface area contributed by atoms with E-state index in [1.165, 1.54) is 18.2 Å². The molecule has 0 spiro atoms. The van der Waals surface area contributed by atoms with Crippen LogP contribution in [0.5, 0.6) is 5.75 Å². The largest absolute Gasteiger partial charge is 0.508 e. The lowest BCUT2D eigenvalue weighted by Gasteiger charge is -2.33. The van der Waals surface area contributed by atoms with Gasteiger partial charge in [0.05, 0.1) is 5.75 Å². The number of nitrogens with zero attached hydrogens (tertiary/aromatic N) is 4. The first-order valence-electron chi connectivity index (χ1n) is 8.17. The first kappa shape index (κ1) is 16.8. The van der Waals surface area contributed by atoms with Crippen LogP contribution in [0.1, 0.15) is 26.2 Å². The summed E-state index contributed by atoms with van der Waals surface area (Å²) in [5, 5.41) is 18.5. The summed E-state index contributed by atoms with van der Waals surface area (Å²) >= 11 is 1.42. The summed E-state index contributed by atoms with van der Waals surface area (Å²) < 4.78 is 1.88. The molecule has 24 heavy (non-hydrogen) atoms. The molecule has 1 aromatic carbocycles. The summed E-state index contributed by atoms with van der Waals surface area (Å²) in [5.74, 6) is 1.49. The molecule has 1 aliphatic rings. The molecular weight excluding hydrogens is 324 g/mol. The normalized spacial score (nSPS) is 17.9. The number of amides is 1. The second kappa shape index (κ2) is 7.25. The Morgan fingerprint density at radius 1 is 1.29 bits per heavy atom. The predicted octanol–water partition coefficient (Wildman–Crippen LogP) is 2.68. The Labute approximate surface area is 145 Å². The number of hydrogen-bond donors (Lipinski definition) is 1. The summed E-state index contributed by atoms with van der Waals surface area (Å²) in [4.78, 5) is 14.4. The van der Waals surface area contributed by atoms with E-state index in [1.807, 2.05) is 16.5 Å². The molecule has 2 heterocycles. The van der Waals surface area contributed by atoms with Crippen molar-refractivity contribution in [2.45, 2.75) is 37.4 Å². The number of benzene rings is 1. The van der Waals surface area contributed by atoms with Crippen molar-refractivity contribution in [3.8, 4) is 17.1 Å². The molecule has 6 nitrogen and oxygen atoms in total. The van der Waals surface area contributed by atoms with Crippen LogP contribution in [0.4, 0.5) is 0 Å². The molecule has 0 saturated carbocycles. The van der Waals surface area contributed by atoms with Crippen molar-refractivity contribution in [1.82, 2.24) is 19.7 Å². The van der Waals surface area contributed by atoms with Gasteiger partial charge in [0, 0.05) is 25.2 Å². The van der Waals surface area contributed by atoms with Crippen molar-refractivity contribution in [2.24, 2.45) is 7.05 Å². The molecule has 0 aliphatic carbocycles. The smallest absolute Gasteiger partial charge is 0.233 e. The maximum atomic E-state index is 12.4. The van der Waals surface area contributed by atoms with Crippen molar-refractivity contribution < 1.29 is 9.90 Å². The van der Waals surface area contributed by atoms with Crippen LogP contribution in [0.3, 0.4) is 0 Å². The zero-order valence-corrected chi connectivity index (χ0v) is 14.8. The van der Waals surface area contributed by atoms with Crippen LogP contribution in [-0.4, -0.2) is 49.0 Å². The van der Waals surface area contributed by atoms with Gasteiger partial charge in [-0.2, -0.15) is 0 Å². The average molecular weight is 346 g/mol. The number of rotatable bonds is 4. The lowest BCUT2D eigenvalue weighted by Crippen LogP contribution is -2.42. The Bertz CT molecular complexity index is 714. The highest BCUT2D eigenvalue weighted by atomic mass is 32.2. The fourth-order valence-electron chi connectivity index (χ4n) is 2.98. The molecule has 1 fully saturated rings. The number of hydrogen-bond acceptors (Lipinski definition) is 5. The number of thioether (sulfide) groups is 1. The Hall–Kier alpha value is -2.02. The van der Waals surface area contributed by atoms with Crippen LogP contribution < -0.4 is 0 Å². The monoisotopic (exact) mass is 346 g/mol.